The third kappa shape index (κ3) is 7.58. The van der Waals surface area contributed by atoms with Crippen molar-refractivity contribution >= 4 is 45.9 Å². The van der Waals surface area contributed by atoms with Crippen molar-refractivity contribution in [3.63, 3.8) is 0 Å². The predicted molar refractivity (Wildman–Crippen MR) is 107 cm³/mol. The summed E-state index contributed by atoms with van der Waals surface area (Å²) >= 11 is 3.54. The number of hydrogen-bond donors (Lipinski definition) is 2. The molecule has 0 aliphatic carbocycles. The zero-order valence-corrected chi connectivity index (χ0v) is 17.9. The van der Waals surface area contributed by atoms with E-state index in [1.54, 1.807) is 28.4 Å². The normalized spacial score (nSPS) is 10.7. The standard InChI is InChI=1S/C15H24BrN3O3.HI/c1-17-15(18-6-5-7-20-2)19-10-11-8-13(21-3)14(22-4)9-12(11)16;/h8-9H,5-7,10H2,1-4H3,(H2,17,18,19);1H. The summed E-state index contributed by atoms with van der Waals surface area (Å²) in [7, 11) is 6.68. The summed E-state index contributed by atoms with van der Waals surface area (Å²) in [5.41, 5.74) is 1.05. The minimum Gasteiger partial charge on any atom is -0.493 e. The van der Waals surface area contributed by atoms with Crippen molar-refractivity contribution in [3.8, 4) is 11.5 Å². The summed E-state index contributed by atoms with van der Waals surface area (Å²) in [5, 5.41) is 6.50. The highest BCUT2D eigenvalue weighted by atomic mass is 127. The van der Waals surface area contributed by atoms with Crippen molar-refractivity contribution in [2.24, 2.45) is 4.99 Å². The van der Waals surface area contributed by atoms with Crippen LogP contribution in [0.3, 0.4) is 0 Å². The predicted octanol–water partition coefficient (Wildman–Crippen LogP) is 2.79. The molecule has 0 spiro atoms. The second kappa shape index (κ2) is 12.7. The van der Waals surface area contributed by atoms with E-state index in [0.717, 1.165) is 35.6 Å². The molecule has 132 valence electrons. The first-order chi connectivity index (χ1) is 10.7. The fourth-order valence-electron chi connectivity index (χ4n) is 1.85. The Bertz CT molecular complexity index is 501. The molecule has 0 unspecified atom stereocenters. The van der Waals surface area contributed by atoms with E-state index in [2.05, 4.69) is 31.6 Å². The lowest BCUT2D eigenvalue weighted by Crippen LogP contribution is -2.37. The van der Waals surface area contributed by atoms with E-state index in [1.165, 1.54) is 0 Å². The van der Waals surface area contributed by atoms with Gasteiger partial charge in [0.15, 0.2) is 17.5 Å². The van der Waals surface area contributed by atoms with Crippen LogP contribution in [0.4, 0.5) is 0 Å². The number of aliphatic imine (C=N–C) groups is 1. The lowest BCUT2D eigenvalue weighted by Gasteiger charge is -2.15. The molecule has 1 aromatic carbocycles. The van der Waals surface area contributed by atoms with Gasteiger partial charge in [-0.1, -0.05) is 15.9 Å². The Morgan fingerprint density at radius 3 is 2.35 bits per heavy atom. The Labute approximate surface area is 163 Å². The third-order valence-electron chi connectivity index (χ3n) is 3.04. The van der Waals surface area contributed by atoms with E-state index in [9.17, 15) is 0 Å². The maximum Gasteiger partial charge on any atom is 0.191 e. The number of methoxy groups -OCH3 is 3. The lowest BCUT2D eigenvalue weighted by molar-refractivity contribution is 0.195. The SMILES string of the molecule is CN=C(NCCCOC)NCc1cc(OC)c(OC)cc1Br.I. The monoisotopic (exact) mass is 501 g/mol. The van der Waals surface area contributed by atoms with Crippen LogP contribution in [-0.4, -0.2) is 47.5 Å². The fraction of sp³-hybridized carbons (Fsp3) is 0.533. The number of ether oxygens (including phenoxy) is 3. The molecule has 6 nitrogen and oxygen atoms in total. The van der Waals surface area contributed by atoms with Gasteiger partial charge in [-0.25, -0.2) is 0 Å². The number of rotatable bonds is 8. The van der Waals surface area contributed by atoms with Crippen LogP contribution < -0.4 is 20.1 Å². The van der Waals surface area contributed by atoms with Crippen molar-refractivity contribution in [2.75, 3.05) is 41.5 Å². The van der Waals surface area contributed by atoms with Crippen LogP contribution >= 0.6 is 39.9 Å². The molecule has 23 heavy (non-hydrogen) atoms. The summed E-state index contributed by atoms with van der Waals surface area (Å²) in [6.45, 7) is 2.15. The van der Waals surface area contributed by atoms with Gasteiger partial charge in [0.1, 0.15) is 0 Å². The van der Waals surface area contributed by atoms with Gasteiger partial charge in [-0.2, -0.15) is 0 Å². The molecular weight excluding hydrogens is 477 g/mol. The second-order valence-electron chi connectivity index (χ2n) is 4.50. The van der Waals surface area contributed by atoms with E-state index in [1.807, 2.05) is 12.1 Å². The van der Waals surface area contributed by atoms with E-state index in [4.69, 9.17) is 14.2 Å². The van der Waals surface area contributed by atoms with Crippen LogP contribution in [0.25, 0.3) is 0 Å². The van der Waals surface area contributed by atoms with Crippen LogP contribution in [0.1, 0.15) is 12.0 Å². The van der Waals surface area contributed by atoms with Crippen LogP contribution in [0, 0.1) is 0 Å². The highest BCUT2D eigenvalue weighted by molar-refractivity contribution is 14.0. The summed E-state index contributed by atoms with van der Waals surface area (Å²) in [6.07, 6.45) is 0.928. The van der Waals surface area contributed by atoms with Crippen molar-refractivity contribution < 1.29 is 14.2 Å². The molecule has 0 aliphatic heterocycles. The quantitative estimate of drug-likeness (QED) is 0.248. The van der Waals surface area contributed by atoms with Gasteiger partial charge in [-0.3, -0.25) is 4.99 Å². The van der Waals surface area contributed by atoms with Crippen LogP contribution in [0.5, 0.6) is 11.5 Å². The van der Waals surface area contributed by atoms with Crippen LogP contribution in [-0.2, 0) is 11.3 Å². The van der Waals surface area contributed by atoms with E-state index >= 15 is 0 Å². The molecular formula is C15H25BrIN3O3. The van der Waals surface area contributed by atoms with Gasteiger partial charge in [0.05, 0.1) is 14.2 Å². The maximum absolute atomic E-state index is 5.32. The zero-order valence-electron chi connectivity index (χ0n) is 13.9. The topological polar surface area (TPSA) is 64.1 Å². The Morgan fingerprint density at radius 1 is 1.13 bits per heavy atom. The molecule has 0 amide bonds. The Balaban J connectivity index is 0.00000484. The Kier molecular flexibility index (Phi) is 12.2. The molecule has 0 fully saturated rings. The second-order valence-corrected chi connectivity index (χ2v) is 5.35. The zero-order chi connectivity index (χ0) is 16.4. The lowest BCUT2D eigenvalue weighted by atomic mass is 10.2. The summed E-state index contributed by atoms with van der Waals surface area (Å²) in [6, 6.07) is 3.83. The average Bonchev–Trinajstić information content (AvgIpc) is 2.54. The van der Waals surface area contributed by atoms with Crippen molar-refractivity contribution in [1.82, 2.24) is 10.6 Å². The minimum atomic E-state index is 0. The van der Waals surface area contributed by atoms with Crippen molar-refractivity contribution in [3.05, 3.63) is 22.2 Å². The van der Waals surface area contributed by atoms with Gasteiger partial charge >= 0.3 is 0 Å². The van der Waals surface area contributed by atoms with E-state index < -0.39 is 0 Å². The first-order valence-electron chi connectivity index (χ1n) is 7.00. The van der Waals surface area contributed by atoms with Crippen molar-refractivity contribution in [2.45, 2.75) is 13.0 Å². The Hall–Kier alpha value is -0.740. The van der Waals surface area contributed by atoms with Gasteiger partial charge < -0.3 is 24.8 Å². The maximum atomic E-state index is 5.32. The Morgan fingerprint density at radius 2 is 1.78 bits per heavy atom. The van der Waals surface area contributed by atoms with E-state index in [0.29, 0.717) is 18.0 Å². The molecule has 8 heteroatoms. The van der Waals surface area contributed by atoms with Crippen LogP contribution in [0.15, 0.2) is 21.6 Å². The molecule has 0 aliphatic rings. The number of guanidine groups is 1. The largest absolute Gasteiger partial charge is 0.493 e. The molecule has 0 saturated carbocycles. The third-order valence-corrected chi connectivity index (χ3v) is 3.78. The van der Waals surface area contributed by atoms with E-state index in [-0.39, 0.29) is 24.0 Å². The van der Waals surface area contributed by atoms with Gasteiger partial charge in [0.25, 0.3) is 0 Å². The van der Waals surface area contributed by atoms with Gasteiger partial charge in [-0.15, -0.1) is 24.0 Å². The molecule has 0 bridgehead atoms. The number of nitrogens with one attached hydrogen (secondary N) is 2. The van der Waals surface area contributed by atoms with Crippen molar-refractivity contribution in [1.29, 1.82) is 0 Å². The molecule has 0 atom stereocenters. The molecule has 0 radical (unpaired) electrons. The number of benzene rings is 1. The molecule has 2 N–H and O–H groups in total. The highest BCUT2D eigenvalue weighted by Gasteiger charge is 2.10. The molecule has 1 rings (SSSR count). The minimum absolute atomic E-state index is 0. The van der Waals surface area contributed by atoms with Gasteiger partial charge in [-0.05, 0) is 24.1 Å². The molecule has 0 heterocycles. The molecule has 1 aromatic rings. The first kappa shape index (κ1) is 22.3. The molecule has 0 aromatic heterocycles. The van der Waals surface area contributed by atoms with Gasteiger partial charge in [0.2, 0.25) is 0 Å². The summed E-state index contributed by atoms with van der Waals surface area (Å²) < 4.78 is 16.6. The highest BCUT2D eigenvalue weighted by Crippen LogP contribution is 2.33. The fourth-order valence-corrected chi connectivity index (χ4v) is 2.32. The smallest absolute Gasteiger partial charge is 0.191 e. The summed E-state index contributed by atoms with van der Waals surface area (Å²) in [4.78, 5) is 4.19. The number of nitrogens with zero attached hydrogens (tertiary/aromatic N) is 1. The number of hydrogen-bond acceptors (Lipinski definition) is 4. The first-order valence-corrected chi connectivity index (χ1v) is 7.79. The summed E-state index contributed by atoms with van der Waals surface area (Å²) in [5.74, 6) is 2.14. The number of halogens is 2. The van der Waals surface area contributed by atoms with Crippen LogP contribution in [0.2, 0.25) is 0 Å². The molecule has 0 saturated heterocycles. The average molecular weight is 502 g/mol. The van der Waals surface area contributed by atoms with Gasteiger partial charge in [0, 0.05) is 38.3 Å².